The summed E-state index contributed by atoms with van der Waals surface area (Å²) >= 11 is 1.36. The van der Waals surface area contributed by atoms with E-state index in [0.29, 0.717) is 28.6 Å². The topological polar surface area (TPSA) is 104 Å². The first-order valence-corrected chi connectivity index (χ1v) is 12.1. The van der Waals surface area contributed by atoms with Crippen molar-refractivity contribution in [3.8, 4) is 21.2 Å². The molecule has 0 saturated carbocycles. The van der Waals surface area contributed by atoms with Crippen LogP contribution in [-0.4, -0.2) is 28.8 Å². The highest BCUT2D eigenvalue weighted by Crippen LogP contribution is 2.37. The lowest BCUT2D eigenvalue weighted by Gasteiger charge is -2.14. The molecule has 1 N–H and O–H groups in total. The van der Waals surface area contributed by atoms with Crippen molar-refractivity contribution in [1.82, 2.24) is 10.1 Å². The van der Waals surface area contributed by atoms with Gasteiger partial charge in [-0.15, -0.1) is 11.3 Å². The predicted octanol–water partition coefficient (Wildman–Crippen LogP) is 6.33. The molecule has 10 heteroatoms. The zero-order valence-corrected chi connectivity index (χ0v) is 20.7. The van der Waals surface area contributed by atoms with Crippen LogP contribution in [0.4, 0.5) is 14.9 Å². The average Bonchev–Trinajstić information content (AvgIpc) is 3.47. The van der Waals surface area contributed by atoms with Crippen LogP contribution in [0.25, 0.3) is 21.2 Å². The van der Waals surface area contributed by atoms with Gasteiger partial charge in [0.25, 0.3) is 0 Å². The van der Waals surface area contributed by atoms with Crippen molar-refractivity contribution < 1.29 is 28.0 Å². The molecule has 36 heavy (non-hydrogen) atoms. The smallest absolute Gasteiger partial charge is 0.412 e. The maximum atomic E-state index is 14.0. The minimum absolute atomic E-state index is 0.204. The van der Waals surface area contributed by atoms with E-state index in [1.165, 1.54) is 17.4 Å². The molecule has 0 aliphatic rings. The fraction of sp³-hybridized carbons (Fsp3) is 0.231. The molecule has 186 valence electrons. The van der Waals surface area contributed by atoms with Gasteiger partial charge in [-0.2, -0.15) is 0 Å². The third-order valence-corrected chi connectivity index (χ3v) is 6.35. The molecule has 0 spiro atoms. The van der Waals surface area contributed by atoms with E-state index in [-0.39, 0.29) is 18.0 Å². The fourth-order valence-electron chi connectivity index (χ4n) is 3.50. The van der Waals surface area contributed by atoms with E-state index in [0.717, 1.165) is 16.1 Å². The third-order valence-electron chi connectivity index (χ3n) is 5.30. The molecule has 0 radical (unpaired) electrons. The van der Waals surface area contributed by atoms with Crippen molar-refractivity contribution >= 4 is 29.1 Å². The van der Waals surface area contributed by atoms with Crippen LogP contribution in [0.2, 0.25) is 0 Å². The van der Waals surface area contributed by atoms with Crippen molar-refractivity contribution in [3.63, 3.8) is 0 Å². The zero-order chi connectivity index (χ0) is 25.7. The van der Waals surface area contributed by atoms with Crippen molar-refractivity contribution in [3.05, 3.63) is 77.4 Å². The number of nitrogens with one attached hydrogen (secondary N) is 1. The van der Waals surface area contributed by atoms with E-state index in [4.69, 9.17) is 14.0 Å². The largest absolute Gasteiger partial charge is 0.466 e. The minimum Gasteiger partial charge on any atom is -0.466 e. The second kappa shape index (κ2) is 11.1. The van der Waals surface area contributed by atoms with Gasteiger partial charge in [-0.1, -0.05) is 47.6 Å². The number of benzene rings is 2. The maximum Gasteiger partial charge on any atom is 0.412 e. The van der Waals surface area contributed by atoms with E-state index in [2.05, 4.69) is 15.5 Å². The van der Waals surface area contributed by atoms with Crippen LogP contribution in [0.5, 0.6) is 0 Å². The lowest BCUT2D eigenvalue weighted by Crippen LogP contribution is -2.17. The molecule has 2 aromatic heterocycles. The quantitative estimate of drug-likeness (QED) is 0.277. The Morgan fingerprint density at radius 2 is 1.92 bits per heavy atom. The first-order valence-electron chi connectivity index (χ1n) is 11.2. The third kappa shape index (κ3) is 5.77. The van der Waals surface area contributed by atoms with Gasteiger partial charge in [-0.3, -0.25) is 10.1 Å². The van der Waals surface area contributed by atoms with E-state index in [9.17, 15) is 14.0 Å². The molecule has 4 rings (SSSR count). The summed E-state index contributed by atoms with van der Waals surface area (Å²) in [6.07, 6.45) is 0.275. The first kappa shape index (κ1) is 25.1. The molecule has 4 aromatic rings. The van der Waals surface area contributed by atoms with Gasteiger partial charge in [0, 0.05) is 17.3 Å². The van der Waals surface area contributed by atoms with Gasteiger partial charge in [0.05, 0.1) is 17.9 Å². The Morgan fingerprint density at radius 3 is 2.64 bits per heavy atom. The summed E-state index contributed by atoms with van der Waals surface area (Å²) in [7, 11) is 0. The van der Waals surface area contributed by atoms with E-state index < -0.39 is 18.0 Å². The number of hydrogen-bond donors (Lipinski definition) is 1. The number of hydrogen-bond acceptors (Lipinski definition) is 8. The van der Waals surface area contributed by atoms with Crippen LogP contribution in [0.15, 0.2) is 59.3 Å². The van der Waals surface area contributed by atoms with Crippen molar-refractivity contribution in [2.24, 2.45) is 0 Å². The fourth-order valence-corrected chi connectivity index (χ4v) is 4.41. The van der Waals surface area contributed by atoms with Crippen LogP contribution in [0.1, 0.15) is 36.8 Å². The predicted molar refractivity (Wildman–Crippen MR) is 133 cm³/mol. The molecule has 2 aromatic carbocycles. The molecule has 2 heterocycles. The van der Waals surface area contributed by atoms with E-state index in [1.54, 1.807) is 45.2 Å². The number of ether oxygens (including phenoxy) is 2. The summed E-state index contributed by atoms with van der Waals surface area (Å²) in [5, 5.41) is 7.35. The molecule has 0 unspecified atom stereocenters. The van der Waals surface area contributed by atoms with Gasteiger partial charge in [-0.25, -0.2) is 14.2 Å². The molecule has 1 amide bonds. The number of rotatable bonds is 8. The number of esters is 1. The van der Waals surface area contributed by atoms with Crippen LogP contribution in [0, 0.1) is 12.7 Å². The maximum absolute atomic E-state index is 14.0. The average molecular weight is 510 g/mol. The Hall–Kier alpha value is -4.05. The van der Waals surface area contributed by atoms with Crippen molar-refractivity contribution in [2.45, 2.75) is 33.3 Å². The van der Waals surface area contributed by atoms with Crippen LogP contribution >= 0.6 is 11.3 Å². The summed E-state index contributed by atoms with van der Waals surface area (Å²) in [4.78, 5) is 29.3. The molecular formula is C26H24FN3O5S. The number of aromatic nitrogens is 2. The van der Waals surface area contributed by atoms with Gasteiger partial charge in [0.15, 0.2) is 0 Å². The number of anilines is 1. The SMILES string of the molecule is CCOC(=O)Cc1ccc(-c2ncc(-c3onc(C)c3NC(=O)O[C@H](C)c3ccccc3F)s2)cc1. The number of carbonyl (C=O) groups is 2. The van der Waals surface area contributed by atoms with Crippen LogP contribution < -0.4 is 5.32 Å². The van der Waals surface area contributed by atoms with Gasteiger partial charge >= 0.3 is 12.1 Å². The molecule has 0 bridgehead atoms. The monoisotopic (exact) mass is 509 g/mol. The zero-order valence-electron chi connectivity index (χ0n) is 19.9. The van der Waals surface area contributed by atoms with Gasteiger partial charge in [0.1, 0.15) is 28.3 Å². The molecule has 0 aliphatic heterocycles. The molecule has 8 nitrogen and oxygen atoms in total. The summed E-state index contributed by atoms with van der Waals surface area (Å²) in [6.45, 7) is 5.40. The summed E-state index contributed by atoms with van der Waals surface area (Å²) in [5.41, 5.74) is 2.78. The first-order chi connectivity index (χ1) is 17.4. The number of nitrogens with zero attached hydrogens (tertiary/aromatic N) is 2. The second-order valence-electron chi connectivity index (χ2n) is 7.87. The highest BCUT2D eigenvalue weighted by atomic mass is 32.1. The number of halogens is 1. The Morgan fingerprint density at radius 1 is 1.17 bits per heavy atom. The molecule has 0 aliphatic carbocycles. The van der Waals surface area contributed by atoms with Gasteiger partial charge in [-0.05, 0) is 32.4 Å². The number of amides is 1. The molecule has 1 atom stereocenters. The molecular weight excluding hydrogens is 485 g/mol. The van der Waals surface area contributed by atoms with Crippen LogP contribution in [-0.2, 0) is 20.7 Å². The summed E-state index contributed by atoms with van der Waals surface area (Å²) < 4.78 is 29.8. The van der Waals surface area contributed by atoms with Crippen LogP contribution in [0.3, 0.4) is 0 Å². The second-order valence-corrected chi connectivity index (χ2v) is 8.91. The number of thiazole rings is 1. The number of aryl methyl sites for hydroxylation is 1. The Balaban J connectivity index is 1.47. The lowest BCUT2D eigenvalue weighted by atomic mass is 10.1. The van der Waals surface area contributed by atoms with Crippen molar-refractivity contribution in [2.75, 3.05) is 11.9 Å². The Labute approximate surface area is 211 Å². The lowest BCUT2D eigenvalue weighted by molar-refractivity contribution is -0.142. The van der Waals surface area contributed by atoms with E-state index in [1.807, 2.05) is 24.3 Å². The normalized spacial score (nSPS) is 11.7. The highest BCUT2D eigenvalue weighted by Gasteiger charge is 2.22. The summed E-state index contributed by atoms with van der Waals surface area (Å²) in [6, 6.07) is 13.6. The Kier molecular flexibility index (Phi) is 7.74. The van der Waals surface area contributed by atoms with Gasteiger partial charge < -0.3 is 14.0 Å². The minimum atomic E-state index is -0.795. The summed E-state index contributed by atoms with van der Waals surface area (Å²) in [5.74, 6) is -0.388. The molecule has 0 fully saturated rings. The Bertz CT molecular complexity index is 1370. The van der Waals surface area contributed by atoms with Crippen molar-refractivity contribution in [1.29, 1.82) is 0 Å². The van der Waals surface area contributed by atoms with Gasteiger partial charge in [0.2, 0.25) is 5.76 Å². The number of carbonyl (C=O) groups excluding carboxylic acids is 2. The standard InChI is InChI=1S/C26H24FN3O5S/c1-4-33-22(31)13-17-9-11-18(12-10-17)25-28-14-21(36-25)24-23(15(2)30-35-24)29-26(32)34-16(3)19-7-5-6-8-20(19)27/h5-12,14,16H,4,13H2,1-3H3,(H,29,32)/t16-/m1/s1. The van der Waals surface area contributed by atoms with E-state index >= 15 is 0 Å². The molecule has 0 saturated heterocycles. The highest BCUT2D eigenvalue weighted by molar-refractivity contribution is 7.18.